The normalized spacial score (nSPS) is 10.7. The molecule has 1 aromatic heterocycles. The largest absolute Gasteiger partial charge is 0.508 e. The molecule has 156 valence electrons. The lowest BCUT2D eigenvalue weighted by atomic mass is 9.94. The van der Waals surface area contributed by atoms with Gasteiger partial charge in [0.2, 0.25) is 0 Å². The van der Waals surface area contributed by atoms with Crippen molar-refractivity contribution in [2.45, 2.75) is 6.18 Å². The number of phenols is 1. The number of ether oxygens (including phenoxy) is 1. The van der Waals surface area contributed by atoms with Gasteiger partial charge in [0.25, 0.3) is 0 Å². The van der Waals surface area contributed by atoms with Crippen LogP contribution < -0.4 is 0 Å². The van der Waals surface area contributed by atoms with Crippen LogP contribution in [0.15, 0.2) is 60.9 Å². The third kappa shape index (κ3) is 5.41. The van der Waals surface area contributed by atoms with Crippen LogP contribution in [-0.4, -0.2) is 28.2 Å². The zero-order valence-electron chi connectivity index (χ0n) is 15.4. The fourth-order valence-corrected chi connectivity index (χ4v) is 2.86. The molecule has 0 bridgehead atoms. The van der Waals surface area contributed by atoms with E-state index in [9.17, 15) is 27.9 Å². The highest BCUT2D eigenvalue weighted by atomic mass is 35.5. The highest BCUT2D eigenvalue weighted by Gasteiger charge is 2.42. The molecule has 3 rings (SSSR count). The number of nitrogens with zero attached hydrogens (tertiary/aromatic N) is 1. The molecule has 1 heterocycles. The maximum Gasteiger partial charge on any atom is 0.491 e. The van der Waals surface area contributed by atoms with Gasteiger partial charge in [0.05, 0.1) is 5.56 Å². The number of pyridine rings is 1. The van der Waals surface area contributed by atoms with E-state index >= 15 is 0 Å². The van der Waals surface area contributed by atoms with Gasteiger partial charge in [-0.15, -0.1) is 0 Å². The molecule has 0 saturated heterocycles. The Labute approximate surface area is 179 Å². The molecule has 1 N–H and O–H groups in total. The molecule has 0 fully saturated rings. The molecular formula is C22H11ClF3NO4. The first-order chi connectivity index (χ1) is 14.6. The van der Waals surface area contributed by atoms with Crippen LogP contribution >= 0.6 is 11.6 Å². The number of rotatable bonds is 2. The van der Waals surface area contributed by atoms with Crippen molar-refractivity contribution >= 4 is 23.5 Å². The Balaban J connectivity index is 2.16. The molecule has 5 nitrogen and oxygen atoms in total. The minimum atomic E-state index is -5.34. The van der Waals surface area contributed by atoms with Gasteiger partial charge in [-0.2, -0.15) is 13.2 Å². The number of aromatic hydroxyl groups is 1. The van der Waals surface area contributed by atoms with Crippen molar-refractivity contribution in [3.05, 3.63) is 82.6 Å². The molecule has 0 unspecified atom stereocenters. The number of halogens is 4. The Morgan fingerprint density at radius 1 is 1.03 bits per heavy atom. The summed E-state index contributed by atoms with van der Waals surface area (Å²) in [6, 6.07) is 11.2. The summed E-state index contributed by atoms with van der Waals surface area (Å²) in [6.45, 7) is 0. The lowest BCUT2D eigenvalue weighted by molar-refractivity contribution is -0.193. The molecular weight excluding hydrogens is 435 g/mol. The highest BCUT2D eigenvalue weighted by Crippen LogP contribution is 2.33. The minimum Gasteiger partial charge on any atom is -0.508 e. The van der Waals surface area contributed by atoms with E-state index in [1.807, 2.05) is 0 Å². The minimum absolute atomic E-state index is 0.0434. The summed E-state index contributed by atoms with van der Waals surface area (Å²) >= 11 is 5.98. The molecule has 0 atom stereocenters. The van der Waals surface area contributed by atoms with Crippen LogP contribution in [0.4, 0.5) is 13.2 Å². The lowest BCUT2D eigenvalue weighted by Crippen LogP contribution is -2.28. The average molecular weight is 446 g/mol. The summed E-state index contributed by atoms with van der Waals surface area (Å²) in [7, 11) is 0. The van der Waals surface area contributed by atoms with E-state index in [0.717, 1.165) is 0 Å². The number of alkyl halides is 3. The summed E-state index contributed by atoms with van der Waals surface area (Å²) in [6.07, 6.45) is -2.30. The summed E-state index contributed by atoms with van der Waals surface area (Å²) in [5, 5.41) is 10.00. The second kappa shape index (κ2) is 8.90. The molecule has 0 amide bonds. The van der Waals surface area contributed by atoms with E-state index in [2.05, 4.69) is 21.6 Å². The number of hydrogen-bond donors (Lipinski definition) is 1. The predicted octanol–water partition coefficient (Wildman–Crippen LogP) is 4.75. The van der Waals surface area contributed by atoms with Crippen molar-refractivity contribution in [3.8, 4) is 28.7 Å². The van der Waals surface area contributed by atoms with Crippen molar-refractivity contribution in [2.24, 2.45) is 0 Å². The van der Waals surface area contributed by atoms with Crippen LogP contribution in [0.1, 0.15) is 21.5 Å². The van der Waals surface area contributed by atoms with Crippen LogP contribution in [0.5, 0.6) is 5.75 Å². The molecule has 0 aliphatic rings. The number of phenolic OH excluding ortho intramolecular Hbond substituents is 1. The van der Waals surface area contributed by atoms with Crippen LogP contribution in [0, 0.1) is 11.8 Å². The number of hydrogen-bond acceptors (Lipinski definition) is 5. The number of carbonyl (C=O) groups excluding carboxylic acids is 2. The maximum absolute atomic E-state index is 12.5. The van der Waals surface area contributed by atoms with Gasteiger partial charge >= 0.3 is 18.1 Å². The second-order valence-corrected chi connectivity index (χ2v) is 6.52. The van der Waals surface area contributed by atoms with Crippen molar-refractivity contribution < 1.29 is 32.6 Å². The SMILES string of the molecule is O=C(OC(=O)C(F)(F)F)c1cccc(C#Cc2ccncc2)c1-c1cc(O)cc(Cl)c1. The average Bonchev–Trinajstić information content (AvgIpc) is 2.71. The predicted molar refractivity (Wildman–Crippen MR) is 105 cm³/mol. The third-order valence-electron chi connectivity index (χ3n) is 3.89. The van der Waals surface area contributed by atoms with Gasteiger partial charge in [0, 0.05) is 34.1 Å². The number of carbonyl (C=O) groups is 2. The molecule has 2 aromatic carbocycles. The van der Waals surface area contributed by atoms with Crippen molar-refractivity contribution in [1.82, 2.24) is 4.98 Å². The summed E-state index contributed by atoms with van der Waals surface area (Å²) in [5.74, 6) is 1.26. The van der Waals surface area contributed by atoms with E-state index in [1.54, 1.807) is 12.1 Å². The van der Waals surface area contributed by atoms with Gasteiger partial charge < -0.3 is 9.84 Å². The Morgan fingerprint density at radius 2 is 1.74 bits per heavy atom. The fraction of sp³-hybridized carbons (Fsp3) is 0.0455. The Morgan fingerprint density at radius 3 is 2.39 bits per heavy atom. The Bertz CT molecular complexity index is 1190. The molecule has 9 heteroatoms. The number of benzene rings is 2. The summed E-state index contributed by atoms with van der Waals surface area (Å²) in [5.41, 5.74) is 0.696. The Hall–Kier alpha value is -3.83. The fourth-order valence-electron chi connectivity index (χ4n) is 2.63. The van der Waals surface area contributed by atoms with E-state index in [4.69, 9.17) is 11.6 Å². The van der Waals surface area contributed by atoms with Gasteiger partial charge in [0.15, 0.2) is 0 Å². The molecule has 0 spiro atoms. The maximum atomic E-state index is 12.5. The van der Waals surface area contributed by atoms with Gasteiger partial charge in [-0.25, -0.2) is 9.59 Å². The second-order valence-electron chi connectivity index (χ2n) is 6.09. The smallest absolute Gasteiger partial charge is 0.491 e. The monoisotopic (exact) mass is 445 g/mol. The molecule has 0 saturated carbocycles. The highest BCUT2D eigenvalue weighted by molar-refractivity contribution is 6.31. The van der Waals surface area contributed by atoms with Crippen LogP contribution in [0.3, 0.4) is 0 Å². The van der Waals surface area contributed by atoms with Gasteiger partial charge in [-0.1, -0.05) is 29.5 Å². The first kappa shape index (κ1) is 21.9. The molecule has 31 heavy (non-hydrogen) atoms. The van der Waals surface area contributed by atoms with Gasteiger partial charge in [-0.3, -0.25) is 4.98 Å². The van der Waals surface area contributed by atoms with Crippen LogP contribution in [0.25, 0.3) is 11.1 Å². The molecule has 3 aromatic rings. The third-order valence-corrected chi connectivity index (χ3v) is 4.11. The molecule has 0 radical (unpaired) electrons. The van der Waals surface area contributed by atoms with E-state index in [1.165, 1.54) is 48.8 Å². The zero-order chi connectivity index (χ0) is 22.6. The van der Waals surface area contributed by atoms with E-state index in [-0.39, 0.29) is 33.0 Å². The Kier molecular flexibility index (Phi) is 6.28. The van der Waals surface area contributed by atoms with E-state index in [0.29, 0.717) is 5.56 Å². The van der Waals surface area contributed by atoms with Gasteiger partial charge in [-0.05, 0) is 48.0 Å². The van der Waals surface area contributed by atoms with E-state index < -0.39 is 18.1 Å². The quantitative estimate of drug-likeness (QED) is 0.350. The zero-order valence-corrected chi connectivity index (χ0v) is 16.2. The first-order valence-electron chi connectivity index (χ1n) is 8.53. The molecule has 0 aliphatic carbocycles. The first-order valence-corrected chi connectivity index (χ1v) is 8.91. The molecule has 0 aliphatic heterocycles. The van der Waals surface area contributed by atoms with Crippen molar-refractivity contribution in [1.29, 1.82) is 0 Å². The standard InChI is InChI=1S/C22H11ClF3NO4/c23-16-10-15(11-17(28)12-16)19-14(5-4-13-6-8-27-9-7-13)2-1-3-18(19)20(29)31-21(30)22(24,25)26/h1-3,6-12,28H. The van der Waals surface area contributed by atoms with Crippen LogP contribution in [0.2, 0.25) is 5.02 Å². The van der Waals surface area contributed by atoms with Gasteiger partial charge in [0.1, 0.15) is 5.75 Å². The summed E-state index contributed by atoms with van der Waals surface area (Å²) in [4.78, 5) is 27.4. The van der Waals surface area contributed by atoms with Crippen molar-refractivity contribution in [2.75, 3.05) is 0 Å². The topological polar surface area (TPSA) is 76.5 Å². The number of esters is 2. The van der Waals surface area contributed by atoms with Crippen molar-refractivity contribution in [3.63, 3.8) is 0 Å². The summed E-state index contributed by atoms with van der Waals surface area (Å²) < 4.78 is 41.6. The van der Waals surface area contributed by atoms with Crippen LogP contribution in [-0.2, 0) is 9.53 Å². The lowest BCUT2D eigenvalue weighted by Gasteiger charge is -2.13. The number of aromatic nitrogens is 1.